The van der Waals surface area contributed by atoms with Crippen LogP contribution in [0.25, 0.3) is 0 Å². The molecule has 26 heavy (non-hydrogen) atoms. The minimum absolute atomic E-state index is 0.00336. The van der Waals surface area contributed by atoms with Crippen LogP contribution in [0.4, 0.5) is 4.39 Å². The van der Waals surface area contributed by atoms with E-state index in [2.05, 4.69) is 10.5 Å². The number of hydrogen-bond donors (Lipinski definition) is 1. The minimum atomic E-state index is -0.302. The highest BCUT2D eigenvalue weighted by molar-refractivity contribution is 6.39. The average molecular weight is 360 g/mol. The van der Waals surface area contributed by atoms with Gasteiger partial charge in [-0.05, 0) is 24.1 Å². The highest BCUT2D eigenvalue weighted by Gasteiger charge is 2.28. The van der Waals surface area contributed by atoms with Crippen molar-refractivity contribution in [1.29, 1.82) is 0 Å². The average Bonchev–Trinajstić information content (AvgIpc) is 2.66. The molecular formula is C18H21FN4O3. The van der Waals surface area contributed by atoms with E-state index in [1.807, 2.05) is 0 Å². The Kier molecular flexibility index (Phi) is 5.60. The number of hydrazone groups is 1. The summed E-state index contributed by atoms with van der Waals surface area (Å²) in [4.78, 5) is 39.2. The first-order chi connectivity index (χ1) is 12.5. The molecule has 0 bridgehead atoms. The lowest BCUT2D eigenvalue weighted by Crippen LogP contribution is -2.52. The fourth-order valence-electron chi connectivity index (χ4n) is 3.07. The number of amides is 3. The van der Waals surface area contributed by atoms with E-state index in [-0.39, 0.29) is 30.0 Å². The van der Waals surface area contributed by atoms with Gasteiger partial charge in [0.1, 0.15) is 11.5 Å². The van der Waals surface area contributed by atoms with Gasteiger partial charge in [-0.2, -0.15) is 5.10 Å². The minimum Gasteiger partial charge on any atom is -0.339 e. The molecule has 0 aromatic heterocycles. The second-order valence-electron chi connectivity index (χ2n) is 6.40. The van der Waals surface area contributed by atoms with Crippen LogP contribution in [-0.4, -0.2) is 59.4 Å². The topological polar surface area (TPSA) is 82.1 Å². The maximum absolute atomic E-state index is 13.2. The summed E-state index contributed by atoms with van der Waals surface area (Å²) in [5, 5.41) is 3.82. The smallest absolute Gasteiger partial charge is 0.270 e. The lowest BCUT2D eigenvalue weighted by atomic mass is 10.1. The Hall–Kier alpha value is -2.77. The van der Waals surface area contributed by atoms with E-state index in [0.29, 0.717) is 51.2 Å². The largest absolute Gasteiger partial charge is 0.339 e. The molecule has 0 unspecified atom stereocenters. The molecule has 7 nitrogen and oxygen atoms in total. The van der Waals surface area contributed by atoms with Crippen LogP contribution in [0.5, 0.6) is 0 Å². The Labute approximate surface area is 150 Å². The predicted molar refractivity (Wildman–Crippen MR) is 92.7 cm³/mol. The third kappa shape index (κ3) is 4.44. The molecule has 0 radical (unpaired) electrons. The molecule has 2 aliphatic rings. The molecule has 1 aromatic rings. The van der Waals surface area contributed by atoms with Crippen LogP contribution < -0.4 is 5.43 Å². The van der Waals surface area contributed by atoms with Gasteiger partial charge in [0.25, 0.3) is 5.91 Å². The van der Waals surface area contributed by atoms with Crippen LogP contribution in [-0.2, 0) is 20.8 Å². The van der Waals surface area contributed by atoms with Gasteiger partial charge in [0.2, 0.25) is 11.8 Å². The first-order valence-corrected chi connectivity index (χ1v) is 8.70. The maximum Gasteiger partial charge on any atom is 0.270 e. The number of nitrogens with zero attached hydrogens (tertiary/aromatic N) is 3. The molecule has 1 aromatic carbocycles. The molecule has 1 fully saturated rings. The normalized spacial score (nSPS) is 17.6. The molecule has 2 heterocycles. The van der Waals surface area contributed by atoms with Crippen molar-refractivity contribution in [1.82, 2.24) is 15.2 Å². The number of piperazine rings is 1. The lowest BCUT2D eigenvalue weighted by molar-refractivity contribution is -0.136. The van der Waals surface area contributed by atoms with E-state index in [0.717, 1.165) is 5.56 Å². The van der Waals surface area contributed by atoms with Crippen LogP contribution in [0, 0.1) is 5.82 Å². The first kappa shape index (κ1) is 18.0. The number of carbonyl (C=O) groups is 3. The Morgan fingerprint density at radius 2 is 1.85 bits per heavy atom. The quantitative estimate of drug-likeness (QED) is 0.858. The Bertz CT molecular complexity index is 742. The zero-order chi connectivity index (χ0) is 18.5. The zero-order valence-electron chi connectivity index (χ0n) is 14.4. The summed E-state index contributed by atoms with van der Waals surface area (Å²) in [6.45, 7) is 1.82. The highest BCUT2D eigenvalue weighted by atomic mass is 19.1. The summed E-state index contributed by atoms with van der Waals surface area (Å²) in [5.41, 5.74) is 3.48. The monoisotopic (exact) mass is 360 g/mol. The lowest BCUT2D eigenvalue weighted by Gasteiger charge is -2.35. The van der Waals surface area contributed by atoms with E-state index in [9.17, 15) is 18.8 Å². The molecule has 0 spiro atoms. The molecule has 0 atom stereocenters. The Morgan fingerprint density at radius 3 is 2.50 bits per heavy atom. The maximum atomic E-state index is 13.2. The van der Waals surface area contributed by atoms with Gasteiger partial charge in [-0.1, -0.05) is 12.1 Å². The van der Waals surface area contributed by atoms with E-state index in [1.165, 1.54) is 12.1 Å². The SMILES string of the molecule is O=C1CCC(C(=O)N2CCN(C(=O)CCc3cccc(F)c3)CC2)=NN1. The van der Waals surface area contributed by atoms with Gasteiger partial charge >= 0.3 is 0 Å². The highest BCUT2D eigenvalue weighted by Crippen LogP contribution is 2.11. The van der Waals surface area contributed by atoms with Gasteiger partial charge in [0.05, 0.1) is 0 Å². The summed E-state index contributed by atoms with van der Waals surface area (Å²) in [6.07, 6.45) is 1.42. The molecule has 0 aliphatic carbocycles. The summed E-state index contributed by atoms with van der Waals surface area (Å²) >= 11 is 0. The van der Waals surface area contributed by atoms with Gasteiger partial charge in [0, 0.05) is 45.4 Å². The van der Waals surface area contributed by atoms with Crippen LogP contribution in [0.15, 0.2) is 29.4 Å². The van der Waals surface area contributed by atoms with Crippen LogP contribution in [0.2, 0.25) is 0 Å². The number of hydrogen-bond acceptors (Lipinski definition) is 4. The Morgan fingerprint density at radius 1 is 1.12 bits per heavy atom. The van der Waals surface area contributed by atoms with E-state index >= 15 is 0 Å². The molecule has 2 aliphatic heterocycles. The van der Waals surface area contributed by atoms with Gasteiger partial charge in [-0.3, -0.25) is 14.4 Å². The van der Waals surface area contributed by atoms with Gasteiger partial charge in [-0.25, -0.2) is 9.82 Å². The van der Waals surface area contributed by atoms with Gasteiger partial charge in [0.15, 0.2) is 0 Å². The Balaban J connectivity index is 1.46. The third-order valence-electron chi connectivity index (χ3n) is 4.59. The fourth-order valence-corrected chi connectivity index (χ4v) is 3.07. The number of benzene rings is 1. The molecule has 1 saturated heterocycles. The van der Waals surface area contributed by atoms with Crippen molar-refractivity contribution in [2.75, 3.05) is 26.2 Å². The van der Waals surface area contributed by atoms with Crippen molar-refractivity contribution in [2.45, 2.75) is 25.7 Å². The molecular weight excluding hydrogens is 339 g/mol. The number of rotatable bonds is 4. The summed E-state index contributed by atoms with van der Waals surface area (Å²) < 4.78 is 13.2. The molecule has 3 amide bonds. The first-order valence-electron chi connectivity index (χ1n) is 8.70. The summed E-state index contributed by atoms with van der Waals surface area (Å²) in [5.74, 6) is -0.667. The second-order valence-corrected chi connectivity index (χ2v) is 6.40. The van der Waals surface area contributed by atoms with Gasteiger partial charge in [-0.15, -0.1) is 0 Å². The summed E-state index contributed by atoms with van der Waals surface area (Å²) in [6, 6.07) is 6.25. The second kappa shape index (κ2) is 8.07. The van der Waals surface area contributed by atoms with Crippen molar-refractivity contribution in [3.8, 4) is 0 Å². The van der Waals surface area contributed by atoms with Crippen molar-refractivity contribution in [3.63, 3.8) is 0 Å². The molecule has 0 saturated carbocycles. The van der Waals surface area contributed by atoms with Crippen LogP contribution in [0.3, 0.4) is 0 Å². The molecule has 138 valence electrons. The number of nitrogens with one attached hydrogen (secondary N) is 1. The van der Waals surface area contributed by atoms with Crippen LogP contribution in [0.1, 0.15) is 24.8 Å². The molecule has 3 rings (SSSR count). The number of halogens is 1. The molecule has 8 heteroatoms. The van der Waals surface area contributed by atoms with E-state index in [1.54, 1.807) is 21.9 Å². The van der Waals surface area contributed by atoms with Crippen molar-refractivity contribution in [2.24, 2.45) is 5.10 Å². The number of aryl methyl sites for hydroxylation is 1. The van der Waals surface area contributed by atoms with E-state index in [4.69, 9.17) is 0 Å². The fraction of sp³-hybridized carbons (Fsp3) is 0.444. The standard InChI is InChI=1S/C18H21FN4O3/c19-14-3-1-2-13(12-14)4-7-17(25)22-8-10-23(11-9-22)18(26)15-5-6-16(24)21-20-15/h1-3,12H,4-11H2,(H,21,24). The molecule has 1 N–H and O–H groups in total. The third-order valence-corrected chi connectivity index (χ3v) is 4.59. The van der Waals surface area contributed by atoms with Crippen molar-refractivity contribution >= 4 is 23.4 Å². The van der Waals surface area contributed by atoms with E-state index < -0.39 is 0 Å². The van der Waals surface area contributed by atoms with Crippen molar-refractivity contribution in [3.05, 3.63) is 35.6 Å². The number of carbonyl (C=O) groups excluding carboxylic acids is 3. The zero-order valence-corrected chi connectivity index (χ0v) is 14.4. The van der Waals surface area contributed by atoms with Gasteiger partial charge < -0.3 is 9.80 Å². The summed E-state index contributed by atoms with van der Waals surface area (Å²) in [7, 11) is 0. The van der Waals surface area contributed by atoms with Crippen molar-refractivity contribution < 1.29 is 18.8 Å². The predicted octanol–water partition coefficient (Wildman–Crippen LogP) is 0.695. The van der Waals surface area contributed by atoms with Crippen LogP contribution >= 0.6 is 0 Å².